The smallest absolute Gasteiger partial charge is 0.192 e. The zero-order valence-corrected chi connectivity index (χ0v) is 5.63. The fraction of sp³-hybridized carbons (Fsp3) is 0. The van der Waals surface area contributed by atoms with Crippen LogP contribution in [0.25, 0.3) is 11.0 Å². The first-order chi connectivity index (χ1) is 6.20. The Balaban J connectivity index is 3.03. The van der Waals surface area contributed by atoms with Crippen LogP contribution in [0.2, 0.25) is 0 Å². The van der Waals surface area contributed by atoms with E-state index < -0.39 is 0 Å². The Bertz CT molecular complexity index is 516. The minimum atomic E-state index is -0.185. The number of hydrogen-bond acceptors (Lipinski definition) is 2. The Morgan fingerprint density at radius 2 is 2.36 bits per heavy atom. The summed E-state index contributed by atoms with van der Waals surface area (Å²) in [4.78, 5) is 11.2. The summed E-state index contributed by atoms with van der Waals surface area (Å²) in [6, 6.07) is 4.23. The van der Waals surface area contributed by atoms with Crippen LogP contribution in [0.5, 0.6) is 0 Å². The van der Waals surface area contributed by atoms with Gasteiger partial charge in [0.2, 0.25) is 0 Å². The largest absolute Gasteiger partial charge is 0.464 e. The van der Waals surface area contributed by atoms with Gasteiger partial charge in [-0.2, -0.15) is 0 Å². The van der Waals surface area contributed by atoms with Crippen molar-refractivity contribution in [3.63, 3.8) is 0 Å². The average molecular weight is 148 g/mol. The van der Waals surface area contributed by atoms with Gasteiger partial charge < -0.3 is 4.42 Å². The molecule has 0 N–H and O–H groups in total. The highest BCUT2D eigenvalue weighted by atomic mass is 16.3. The second-order valence-corrected chi connectivity index (χ2v) is 2.13. The van der Waals surface area contributed by atoms with Gasteiger partial charge in [-0.3, -0.25) is 4.79 Å². The van der Waals surface area contributed by atoms with Crippen molar-refractivity contribution in [2.75, 3.05) is 0 Å². The van der Waals surface area contributed by atoms with Gasteiger partial charge >= 0.3 is 0 Å². The van der Waals surface area contributed by atoms with Gasteiger partial charge in [-0.15, -0.1) is 0 Å². The van der Waals surface area contributed by atoms with Crippen LogP contribution in [0.15, 0.2) is 45.8 Å². The molecule has 2 heteroatoms. The summed E-state index contributed by atoms with van der Waals surface area (Å²) in [5.41, 5.74) is -0.00486. The van der Waals surface area contributed by atoms with E-state index in [2.05, 4.69) is 0 Å². The molecule has 1 heterocycles. The summed E-state index contributed by atoms with van der Waals surface area (Å²) in [5.74, 6) is 0. The fourth-order valence-corrected chi connectivity index (χ4v) is 0.916. The Morgan fingerprint density at radius 3 is 3.27 bits per heavy atom. The normalized spacial score (nSPS) is 12.7. The molecular formula is C9H6O2. The molecule has 0 aliphatic rings. The van der Waals surface area contributed by atoms with Crippen LogP contribution in [-0.2, 0) is 0 Å². The van der Waals surface area contributed by atoms with Crippen LogP contribution >= 0.6 is 0 Å². The van der Waals surface area contributed by atoms with Crippen molar-refractivity contribution >= 4 is 11.0 Å². The Kier molecular flexibility index (Phi) is 0.881. The molecule has 0 saturated heterocycles. The van der Waals surface area contributed by atoms with Crippen LogP contribution < -0.4 is 5.43 Å². The molecule has 0 unspecified atom stereocenters. The lowest BCUT2D eigenvalue weighted by Gasteiger charge is -1.91. The summed E-state index contributed by atoms with van der Waals surface area (Å²) in [5, 5.41) is 0.350. The maximum Gasteiger partial charge on any atom is 0.192 e. The lowest BCUT2D eigenvalue weighted by molar-refractivity contribution is 0.602. The zero-order chi connectivity index (χ0) is 9.42. The third-order valence-electron chi connectivity index (χ3n) is 1.43. The van der Waals surface area contributed by atoms with Gasteiger partial charge in [-0.05, 0) is 12.1 Å². The molecule has 2 aromatic rings. The second kappa shape index (κ2) is 2.23. The molecule has 0 fully saturated rings. The third kappa shape index (κ3) is 0.923. The van der Waals surface area contributed by atoms with Crippen molar-refractivity contribution < 1.29 is 7.16 Å². The average Bonchev–Trinajstić information content (AvgIpc) is 2.12. The quantitative estimate of drug-likeness (QED) is 0.570. The molecule has 0 aliphatic carbocycles. The molecule has 0 amide bonds. The van der Waals surface area contributed by atoms with E-state index in [9.17, 15) is 4.79 Å². The molecule has 2 nitrogen and oxygen atoms in total. The molecule has 0 spiro atoms. The first-order valence-corrected chi connectivity index (χ1v) is 3.18. The minimum Gasteiger partial charge on any atom is -0.464 e. The number of fused-ring (bicyclic) bond motifs is 1. The Morgan fingerprint density at radius 1 is 1.45 bits per heavy atom. The van der Waals surface area contributed by atoms with Crippen LogP contribution in [0.4, 0.5) is 0 Å². The number of para-hydroxylation sites is 1. The van der Waals surface area contributed by atoms with E-state index in [0.717, 1.165) is 0 Å². The van der Waals surface area contributed by atoms with Gasteiger partial charge in [-0.1, -0.05) is 12.1 Å². The van der Waals surface area contributed by atoms with Crippen LogP contribution in [-0.4, -0.2) is 0 Å². The van der Waals surface area contributed by atoms with Crippen molar-refractivity contribution in [2.45, 2.75) is 0 Å². The molecule has 2 rings (SSSR count). The standard InChI is InChI=1S/C9H6O2/c10-8-5-6-11-9-4-2-1-3-7(8)9/h1-6H/i2D,4D. The van der Waals surface area contributed by atoms with Crippen LogP contribution in [0, 0.1) is 0 Å². The first-order valence-electron chi connectivity index (χ1n) is 4.18. The number of rotatable bonds is 0. The molecule has 0 atom stereocenters. The summed E-state index contributed by atoms with van der Waals surface area (Å²) in [6.45, 7) is 0. The van der Waals surface area contributed by atoms with E-state index in [4.69, 9.17) is 7.16 Å². The second-order valence-electron chi connectivity index (χ2n) is 2.13. The van der Waals surface area contributed by atoms with Crippen molar-refractivity contribution in [1.29, 1.82) is 0 Å². The van der Waals surface area contributed by atoms with Crippen LogP contribution in [0.3, 0.4) is 0 Å². The molecule has 0 aliphatic heterocycles. The molecule has 0 bridgehead atoms. The molecular weight excluding hydrogens is 140 g/mol. The molecule has 0 saturated carbocycles. The van der Waals surface area contributed by atoms with E-state index in [0.29, 0.717) is 5.39 Å². The van der Waals surface area contributed by atoms with Gasteiger partial charge in [0.15, 0.2) is 5.43 Å². The topological polar surface area (TPSA) is 30.2 Å². The highest BCUT2D eigenvalue weighted by Gasteiger charge is 1.95. The number of benzene rings is 1. The lowest BCUT2D eigenvalue weighted by atomic mass is 10.2. The molecule has 0 radical (unpaired) electrons. The van der Waals surface area contributed by atoms with Gasteiger partial charge in [-0.25, -0.2) is 0 Å². The van der Waals surface area contributed by atoms with Gasteiger partial charge in [0, 0.05) is 6.07 Å². The monoisotopic (exact) mass is 148 g/mol. The summed E-state index contributed by atoms with van der Waals surface area (Å²) in [7, 11) is 0. The van der Waals surface area contributed by atoms with Gasteiger partial charge in [0.25, 0.3) is 0 Å². The van der Waals surface area contributed by atoms with Crippen molar-refractivity contribution in [2.24, 2.45) is 0 Å². The molecule has 1 aromatic heterocycles. The summed E-state index contributed by atoms with van der Waals surface area (Å²) < 4.78 is 19.8. The van der Waals surface area contributed by atoms with Crippen LogP contribution in [0.1, 0.15) is 2.74 Å². The lowest BCUT2D eigenvalue weighted by Crippen LogP contribution is -1.96. The van der Waals surface area contributed by atoms with E-state index in [1.807, 2.05) is 0 Å². The highest BCUT2D eigenvalue weighted by Crippen LogP contribution is 2.06. The van der Waals surface area contributed by atoms with Gasteiger partial charge in [0.1, 0.15) is 5.58 Å². The van der Waals surface area contributed by atoms with E-state index in [-0.39, 0.29) is 23.1 Å². The Hall–Kier alpha value is -1.57. The SMILES string of the molecule is [2H]c1ccc2c(=O)ccoc2c1[2H]. The minimum absolute atomic E-state index is 0.0461. The first kappa shape index (κ1) is 4.34. The van der Waals surface area contributed by atoms with E-state index >= 15 is 0 Å². The highest BCUT2D eigenvalue weighted by molar-refractivity contribution is 5.75. The van der Waals surface area contributed by atoms with E-state index in [1.54, 1.807) is 0 Å². The predicted octanol–water partition coefficient (Wildman–Crippen LogP) is 1.79. The number of hydrogen-bond donors (Lipinski definition) is 0. The third-order valence-corrected chi connectivity index (χ3v) is 1.43. The maximum atomic E-state index is 11.2. The van der Waals surface area contributed by atoms with E-state index in [1.165, 1.54) is 24.5 Å². The molecule has 54 valence electrons. The van der Waals surface area contributed by atoms with Crippen molar-refractivity contribution in [3.8, 4) is 0 Å². The Labute approximate surface area is 65.9 Å². The van der Waals surface area contributed by atoms with Gasteiger partial charge in [0.05, 0.1) is 14.4 Å². The molecule has 1 aromatic carbocycles. The van der Waals surface area contributed by atoms with Crippen molar-refractivity contribution in [1.82, 2.24) is 0 Å². The molecule has 11 heavy (non-hydrogen) atoms. The zero-order valence-electron chi connectivity index (χ0n) is 7.63. The predicted molar refractivity (Wildman–Crippen MR) is 42.5 cm³/mol. The maximum absolute atomic E-state index is 11.2. The van der Waals surface area contributed by atoms with Crippen molar-refractivity contribution in [3.05, 3.63) is 46.8 Å². The summed E-state index contributed by atoms with van der Waals surface area (Å²) in [6.07, 6.45) is 1.24. The fourth-order valence-electron chi connectivity index (χ4n) is 0.916. The summed E-state index contributed by atoms with van der Waals surface area (Å²) >= 11 is 0.